The Labute approximate surface area is 141 Å². The lowest BCUT2D eigenvalue weighted by Gasteiger charge is -2.19. The molecule has 1 aliphatic heterocycles. The first kappa shape index (κ1) is 16.8. The Morgan fingerprint density at radius 3 is 2.17 bits per heavy atom. The van der Waals surface area contributed by atoms with Crippen LogP contribution in [0.2, 0.25) is 0 Å². The van der Waals surface area contributed by atoms with Gasteiger partial charge in [-0.05, 0) is 37.1 Å². The number of imide groups is 1. The third kappa shape index (κ3) is 3.38. The fourth-order valence-electron chi connectivity index (χ4n) is 3.54. The Bertz CT molecular complexity index is 576. The monoisotopic (exact) mass is 333 g/mol. The molecule has 24 heavy (non-hydrogen) atoms. The van der Waals surface area contributed by atoms with E-state index < -0.39 is 6.10 Å². The van der Waals surface area contributed by atoms with E-state index in [1.165, 1.54) is 4.90 Å². The van der Waals surface area contributed by atoms with Crippen LogP contribution in [0.4, 0.5) is 0 Å². The summed E-state index contributed by atoms with van der Waals surface area (Å²) in [7, 11) is 1.58. The van der Waals surface area contributed by atoms with Gasteiger partial charge >= 0.3 is 0 Å². The molecule has 3 atom stereocenters. The molecule has 0 radical (unpaired) electrons. The zero-order valence-electron chi connectivity index (χ0n) is 13.8. The maximum atomic E-state index is 12.4. The second-order valence-electron chi connectivity index (χ2n) is 6.42. The van der Waals surface area contributed by atoms with Gasteiger partial charge in [-0.1, -0.05) is 12.8 Å². The van der Waals surface area contributed by atoms with Crippen LogP contribution in [0.15, 0.2) is 24.3 Å². The predicted molar refractivity (Wildman–Crippen MR) is 86.7 cm³/mol. The van der Waals surface area contributed by atoms with Crippen molar-refractivity contribution in [2.24, 2.45) is 11.8 Å². The molecule has 1 aromatic rings. The summed E-state index contributed by atoms with van der Waals surface area (Å²) in [6.07, 6.45) is 2.66. The zero-order valence-corrected chi connectivity index (χ0v) is 13.8. The summed E-state index contributed by atoms with van der Waals surface area (Å²) >= 11 is 0. The number of rotatable bonds is 6. The highest BCUT2D eigenvalue weighted by molar-refractivity contribution is 6.05. The van der Waals surface area contributed by atoms with Crippen molar-refractivity contribution in [2.45, 2.75) is 31.8 Å². The lowest BCUT2D eigenvalue weighted by molar-refractivity contribution is -0.141. The first-order valence-corrected chi connectivity index (χ1v) is 8.40. The molecule has 0 spiro atoms. The molecule has 6 nitrogen and oxygen atoms in total. The molecule has 0 aromatic heterocycles. The van der Waals surface area contributed by atoms with Crippen LogP contribution in [0.25, 0.3) is 0 Å². The normalized spacial score (nSPS) is 24.7. The second-order valence-corrected chi connectivity index (χ2v) is 6.42. The highest BCUT2D eigenvalue weighted by atomic mass is 16.5. The lowest BCUT2D eigenvalue weighted by Crippen LogP contribution is -2.40. The van der Waals surface area contributed by atoms with E-state index in [-0.39, 0.29) is 36.8 Å². The zero-order chi connectivity index (χ0) is 17.1. The molecular weight excluding hydrogens is 310 g/mol. The minimum absolute atomic E-state index is 0.000815. The summed E-state index contributed by atoms with van der Waals surface area (Å²) in [5.41, 5.74) is 0. The number of hydrogen-bond donors (Lipinski definition) is 1. The summed E-state index contributed by atoms with van der Waals surface area (Å²) in [5, 5.41) is 10.1. The van der Waals surface area contributed by atoms with Gasteiger partial charge in [-0.2, -0.15) is 0 Å². The number of likely N-dealkylation sites (tertiary alicyclic amines) is 1. The number of hydrogen-bond acceptors (Lipinski definition) is 5. The lowest BCUT2D eigenvalue weighted by atomic mass is 9.81. The average molecular weight is 333 g/mol. The van der Waals surface area contributed by atoms with Crippen molar-refractivity contribution in [3.8, 4) is 11.5 Å². The van der Waals surface area contributed by atoms with Crippen molar-refractivity contribution in [3.63, 3.8) is 0 Å². The largest absolute Gasteiger partial charge is 0.497 e. The molecule has 0 unspecified atom stereocenters. The first-order valence-electron chi connectivity index (χ1n) is 8.40. The van der Waals surface area contributed by atoms with Gasteiger partial charge in [0.25, 0.3) is 0 Å². The third-order valence-electron chi connectivity index (χ3n) is 4.83. The Morgan fingerprint density at radius 1 is 1.08 bits per heavy atom. The Hall–Kier alpha value is -2.08. The number of carbonyl (C=O) groups is 2. The van der Waals surface area contributed by atoms with Crippen LogP contribution >= 0.6 is 0 Å². The van der Waals surface area contributed by atoms with E-state index in [1.807, 2.05) is 0 Å². The average Bonchev–Trinajstić information content (AvgIpc) is 2.86. The molecular formula is C18H23NO5. The molecule has 1 saturated heterocycles. The predicted octanol–water partition coefficient (Wildman–Crippen LogP) is 1.61. The van der Waals surface area contributed by atoms with Crippen LogP contribution in [-0.2, 0) is 9.59 Å². The number of methoxy groups -OCH3 is 1. The van der Waals surface area contributed by atoms with Crippen molar-refractivity contribution in [1.29, 1.82) is 0 Å². The topological polar surface area (TPSA) is 76.1 Å². The van der Waals surface area contributed by atoms with Gasteiger partial charge in [0, 0.05) is 0 Å². The van der Waals surface area contributed by atoms with Crippen molar-refractivity contribution in [1.82, 2.24) is 4.90 Å². The van der Waals surface area contributed by atoms with E-state index in [2.05, 4.69) is 0 Å². The quantitative estimate of drug-likeness (QED) is 0.801. The number of fused-ring (bicyclic) bond motifs is 1. The summed E-state index contributed by atoms with van der Waals surface area (Å²) in [5.74, 6) is 0.699. The fourth-order valence-corrected chi connectivity index (χ4v) is 3.54. The molecule has 0 bridgehead atoms. The van der Waals surface area contributed by atoms with Crippen molar-refractivity contribution in [2.75, 3.05) is 20.3 Å². The SMILES string of the molecule is COc1ccc(OC[C@H](O)CN2C(=O)[C@H]3CCCC[C@@H]3C2=O)cc1. The van der Waals surface area contributed by atoms with Crippen LogP contribution in [0.1, 0.15) is 25.7 Å². The maximum Gasteiger partial charge on any atom is 0.233 e. The molecule has 6 heteroatoms. The second kappa shape index (κ2) is 7.21. The number of aliphatic hydroxyl groups is 1. The third-order valence-corrected chi connectivity index (χ3v) is 4.83. The smallest absolute Gasteiger partial charge is 0.233 e. The van der Waals surface area contributed by atoms with Crippen molar-refractivity contribution >= 4 is 11.8 Å². The van der Waals surface area contributed by atoms with Gasteiger partial charge < -0.3 is 14.6 Å². The van der Waals surface area contributed by atoms with Gasteiger partial charge in [-0.25, -0.2) is 0 Å². The Kier molecular flexibility index (Phi) is 5.04. The highest BCUT2D eigenvalue weighted by Crippen LogP contribution is 2.37. The number of β-amino-alcohol motifs (C(OH)–C–C–N with tert-alkyl or cyclic N) is 1. The number of aliphatic hydroxyl groups excluding tert-OH is 1. The molecule has 1 aromatic carbocycles. The molecule has 2 fully saturated rings. The van der Waals surface area contributed by atoms with Crippen LogP contribution in [0, 0.1) is 11.8 Å². The van der Waals surface area contributed by atoms with E-state index in [0.29, 0.717) is 5.75 Å². The van der Waals surface area contributed by atoms with Crippen molar-refractivity contribution < 1.29 is 24.2 Å². The van der Waals surface area contributed by atoms with Crippen LogP contribution < -0.4 is 9.47 Å². The van der Waals surface area contributed by atoms with E-state index in [9.17, 15) is 14.7 Å². The van der Waals surface area contributed by atoms with E-state index in [0.717, 1.165) is 31.4 Å². The van der Waals surface area contributed by atoms with E-state index >= 15 is 0 Å². The summed E-state index contributed by atoms with van der Waals surface area (Å²) in [6, 6.07) is 7.01. The first-order chi connectivity index (χ1) is 11.6. The highest BCUT2D eigenvalue weighted by Gasteiger charge is 2.48. The van der Waals surface area contributed by atoms with Crippen LogP contribution in [0.3, 0.4) is 0 Å². The van der Waals surface area contributed by atoms with Gasteiger partial charge in [-0.3, -0.25) is 14.5 Å². The summed E-state index contributed by atoms with van der Waals surface area (Å²) in [6.45, 7) is 0.0273. The van der Waals surface area contributed by atoms with Crippen LogP contribution in [-0.4, -0.2) is 48.2 Å². The number of nitrogens with zero attached hydrogens (tertiary/aromatic N) is 1. The minimum atomic E-state index is -0.903. The number of amides is 2. The van der Waals surface area contributed by atoms with Gasteiger partial charge in [0.1, 0.15) is 24.2 Å². The molecule has 130 valence electrons. The molecule has 2 amide bonds. The Morgan fingerprint density at radius 2 is 1.62 bits per heavy atom. The number of ether oxygens (including phenoxy) is 2. The Balaban J connectivity index is 1.53. The summed E-state index contributed by atoms with van der Waals surface area (Å²) < 4.78 is 10.6. The van der Waals surface area contributed by atoms with E-state index in [1.54, 1.807) is 31.4 Å². The number of benzene rings is 1. The minimum Gasteiger partial charge on any atom is -0.497 e. The molecule has 2 aliphatic rings. The van der Waals surface area contributed by atoms with Gasteiger partial charge in [0.2, 0.25) is 11.8 Å². The molecule has 3 rings (SSSR count). The molecule has 1 saturated carbocycles. The van der Waals surface area contributed by atoms with E-state index in [4.69, 9.17) is 9.47 Å². The van der Waals surface area contributed by atoms with Gasteiger partial charge in [-0.15, -0.1) is 0 Å². The van der Waals surface area contributed by atoms with Gasteiger partial charge in [0.15, 0.2) is 0 Å². The standard InChI is InChI=1S/C18H23NO5/c1-23-13-6-8-14(9-7-13)24-11-12(20)10-19-17(21)15-4-2-3-5-16(15)18(19)22/h6-9,12,15-16,20H,2-5,10-11H2,1H3/t12-,15+,16+/m1/s1. The van der Waals surface area contributed by atoms with Crippen LogP contribution in [0.5, 0.6) is 11.5 Å². The number of carbonyl (C=O) groups excluding carboxylic acids is 2. The maximum absolute atomic E-state index is 12.4. The van der Waals surface area contributed by atoms with Gasteiger partial charge in [0.05, 0.1) is 25.5 Å². The molecule has 1 heterocycles. The summed E-state index contributed by atoms with van der Waals surface area (Å²) in [4.78, 5) is 26.0. The molecule has 1 aliphatic carbocycles. The van der Waals surface area contributed by atoms with Crippen molar-refractivity contribution in [3.05, 3.63) is 24.3 Å². The molecule has 1 N–H and O–H groups in total. The fraction of sp³-hybridized carbons (Fsp3) is 0.556.